The molecule has 0 spiro atoms. The van der Waals surface area contributed by atoms with Crippen molar-refractivity contribution in [1.82, 2.24) is 14.5 Å². The van der Waals surface area contributed by atoms with Gasteiger partial charge in [-0.1, -0.05) is 25.8 Å². The molecule has 0 radical (unpaired) electrons. The molecule has 7 heteroatoms. The quantitative estimate of drug-likeness (QED) is 0.541. The van der Waals surface area contributed by atoms with Crippen LogP contribution < -0.4 is 14.8 Å². The molecule has 3 rings (SSSR count). The number of anilines is 1. The standard InChI is InChI=1S/C22H30N4O3/c1-5-6-8-16(14-27)25-22-21-18(23-15(2)24-22)11-12-26(21)13-17-19(28-3)9-7-10-20(17)29-4/h7,9-12,16,27H,5-6,8,13-14H2,1-4H3,(H,23,24,25)/t16-/m0/s1. The minimum absolute atomic E-state index is 0.0448. The predicted molar refractivity (Wildman–Crippen MR) is 115 cm³/mol. The number of aromatic nitrogens is 3. The number of unbranched alkanes of at least 4 members (excludes halogenated alkanes) is 1. The average Bonchev–Trinajstić information content (AvgIpc) is 3.13. The van der Waals surface area contributed by atoms with E-state index in [1.165, 1.54) is 0 Å². The van der Waals surface area contributed by atoms with Crippen LogP contribution in [-0.2, 0) is 6.54 Å². The van der Waals surface area contributed by atoms with E-state index in [0.29, 0.717) is 12.4 Å². The first-order valence-electron chi connectivity index (χ1n) is 10.0. The van der Waals surface area contributed by atoms with Crippen LogP contribution in [0.15, 0.2) is 30.5 Å². The van der Waals surface area contributed by atoms with Gasteiger partial charge in [0.25, 0.3) is 0 Å². The SMILES string of the molecule is CCCC[C@@H](CO)Nc1nc(C)nc2ccn(Cc3c(OC)cccc3OC)c12. The maximum atomic E-state index is 9.80. The zero-order chi connectivity index (χ0) is 20.8. The van der Waals surface area contributed by atoms with E-state index in [0.717, 1.165) is 53.2 Å². The molecule has 1 aromatic carbocycles. The first kappa shape index (κ1) is 20.9. The second-order valence-corrected chi connectivity index (χ2v) is 7.10. The Hall–Kier alpha value is -2.80. The van der Waals surface area contributed by atoms with Gasteiger partial charge >= 0.3 is 0 Å². The van der Waals surface area contributed by atoms with E-state index < -0.39 is 0 Å². The maximum Gasteiger partial charge on any atom is 0.154 e. The van der Waals surface area contributed by atoms with Crippen LogP contribution in [0.2, 0.25) is 0 Å². The van der Waals surface area contributed by atoms with E-state index >= 15 is 0 Å². The monoisotopic (exact) mass is 398 g/mol. The summed E-state index contributed by atoms with van der Waals surface area (Å²) in [6, 6.07) is 7.70. The summed E-state index contributed by atoms with van der Waals surface area (Å²) in [4.78, 5) is 9.22. The Morgan fingerprint density at radius 2 is 1.86 bits per heavy atom. The van der Waals surface area contributed by atoms with Crippen LogP contribution in [0.3, 0.4) is 0 Å². The van der Waals surface area contributed by atoms with Gasteiger partial charge < -0.3 is 24.5 Å². The van der Waals surface area contributed by atoms with Crippen molar-refractivity contribution in [2.45, 2.75) is 45.7 Å². The number of aliphatic hydroxyl groups excluding tert-OH is 1. The van der Waals surface area contributed by atoms with Gasteiger partial charge in [0.2, 0.25) is 0 Å². The zero-order valence-electron chi connectivity index (χ0n) is 17.6. The Morgan fingerprint density at radius 1 is 1.14 bits per heavy atom. The molecule has 29 heavy (non-hydrogen) atoms. The van der Waals surface area contributed by atoms with Gasteiger partial charge in [-0.15, -0.1) is 0 Å². The Balaban J connectivity index is 2.02. The fraction of sp³-hybridized carbons (Fsp3) is 0.455. The molecule has 3 aromatic rings. The number of methoxy groups -OCH3 is 2. The van der Waals surface area contributed by atoms with Crippen molar-refractivity contribution in [2.24, 2.45) is 0 Å². The van der Waals surface area contributed by atoms with E-state index in [-0.39, 0.29) is 12.6 Å². The summed E-state index contributed by atoms with van der Waals surface area (Å²) < 4.78 is 13.2. The third-order valence-electron chi connectivity index (χ3n) is 5.05. The van der Waals surface area contributed by atoms with E-state index in [2.05, 4.69) is 26.8 Å². The third-order valence-corrected chi connectivity index (χ3v) is 5.05. The number of fused-ring (bicyclic) bond motifs is 1. The number of nitrogens with zero attached hydrogens (tertiary/aromatic N) is 3. The molecule has 0 unspecified atom stereocenters. The van der Waals surface area contributed by atoms with Crippen LogP contribution in [0.25, 0.3) is 11.0 Å². The molecule has 156 valence electrons. The van der Waals surface area contributed by atoms with E-state index in [1.807, 2.05) is 37.4 Å². The molecule has 2 N–H and O–H groups in total. The van der Waals surface area contributed by atoms with Crippen molar-refractivity contribution in [2.75, 3.05) is 26.1 Å². The summed E-state index contributed by atoms with van der Waals surface area (Å²) in [6.07, 6.45) is 5.01. The topological polar surface area (TPSA) is 81.4 Å². The van der Waals surface area contributed by atoms with Crippen molar-refractivity contribution >= 4 is 16.9 Å². The number of nitrogens with one attached hydrogen (secondary N) is 1. The Morgan fingerprint density at radius 3 is 2.48 bits per heavy atom. The summed E-state index contributed by atoms with van der Waals surface area (Å²) >= 11 is 0. The Labute approximate surface area is 171 Å². The maximum absolute atomic E-state index is 9.80. The first-order valence-corrected chi connectivity index (χ1v) is 10.0. The molecule has 0 saturated carbocycles. The van der Waals surface area contributed by atoms with Crippen LogP contribution in [0, 0.1) is 6.92 Å². The minimum atomic E-state index is -0.0448. The fourth-order valence-electron chi connectivity index (χ4n) is 3.56. The highest BCUT2D eigenvalue weighted by molar-refractivity contribution is 5.87. The number of hydrogen-bond acceptors (Lipinski definition) is 6. The van der Waals surface area contributed by atoms with Gasteiger partial charge in [-0.3, -0.25) is 0 Å². The molecular weight excluding hydrogens is 368 g/mol. The summed E-state index contributed by atoms with van der Waals surface area (Å²) in [7, 11) is 3.32. The van der Waals surface area contributed by atoms with E-state index in [1.54, 1.807) is 14.2 Å². The van der Waals surface area contributed by atoms with Crippen molar-refractivity contribution in [3.63, 3.8) is 0 Å². The van der Waals surface area contributed by atoms with E-state index in [4.69, 9.17) is 9.47 Å². The minimum Gasteiger partial charge on any atom is -0.496 e. The van der Waals surface area contributed by atoms with Gasteiger partial charge in [0.05, 0.1) is 44.5 Å². The first-order chi connectivity index (χ1) is 14.1. The lowest BCUT2D eigenvalue weighted by Gasteiger charge is -2.19. The molecule has 0 aliphatic rings. The highest BCUT2D eigenvalue weighted by Crippen LogP contribution is 2.31. The smallest absolute Gasteiger partial charge is 0.154 e. The molecular formula is C22H30N4O3. The van der Waals surface area contributed by atoms with Gasteiger partial charge in [0.1, 0.15) is 22.8 Å². The summed E-state index contributed by atoms with van der Waals surface area (Å²) in [5.41, 5.74) is 2.71. The van der Waals surface area contributed by atoms with Gasteiger partial charge in [-0.25, -0.2) is 9.97 Å². The lowest BCUT2D eigenvalue weighted by atomic mass is 10.1. The molecule has 0 saturated heterocycles. The molecule has 2 heterocycles. The zero-order valence-corrected chi connectivity index (χ0v) is 17.6. The van der Waals surface area contributed by atoms with Crippen molar-refractivity contribution in [3.05, 3.63) is 41.9 Å². The average molecular weight is 399 g/mol. The highest BCUT2D eigenvalue weighted by Gasteiger charge is 2.17. The number of rotatable bonds is 10. The number of benzene rings is 1. The highest BCUT2D eigenvalue weighted by atomic mass is 16.5. The summed E-state index contributed by atoms with van der Waals surface area (Å²) in [6.45, 7) is 4.64. The van der Waals surface area contributed by atoms with Gasteiger partial charge in [-0.2, -0.15) is 0 Å². The van der Waals surface area contributed by atoms with Crippen LogP contribution in [0.5, 0.6) is 11.5 Å². The molecule has 0 fully saturated rings. The third kappa shape index (κ3) is 4.62. The summed E-state index contributed by atoms with van der Waals surface area (Å²) in [5.74, 6) is 2.97. The normalized spacial score (nSPS) is 12.2. The van der Waals surface area contributed by atoms with Gasteiger partial charge in [0, 0.05) is 6.20 Å². The van der Waals surface area contributed by atoms with E-state index in [9.17, 15) is 5.11 Å². The van der Waals surface area contributed by atoms with Crippen LogP contribution in [0.1, 0.15) is 37.6 Å². The number of ether oxygens (including phenoxy) is 2. The number of aliphatic hydroxyl groups is 1. The van der Waals surface area contributed by atoms with Crippen LogP contribution in [0.4, 0.5) is 5.82 Å². The fourth-order valence-corrected chi connectivity index (χ4v) is 3.56. The molecule has 1 atom stereocenters. The van der Waals surface area contributed by atoms with Gasteiger partial charge in [0.15, 0.2) is 5.82 Å². The summed E-state index contributed by atoms with van der Waals surface area (Å²) in [5, 5.41) is 13.2. The molecule has 0 amide bonds. The molecule has 7 nitrogen and oxygen atoms in total. The molecule has 0 aliphatic heterocycles. The number of aryl methyl sites for hydroxylation is 1. The van der Waals surface area contributed by atoms with Crippen molar-refractivity contribution in [3.8, 4) is 11.5 Å². The Bertz CT molecular complexity index is 932. The second kappa shape index (κ2) is 9.60. The second-order valence-electron chi connectivity index (χ2n) is 7.10. The Kier molecular flexibility index (Phi) is 6.93. The number of hydrogen-bond donors (Lipinski definition) is 2. The predicted octanol–water partition coefficient (Wildman–Crippen LogP) is 3.77. The van der Waals surface area contributed by atoms with Gasteiger partial charge in [-0.05, 0) is 31.5 Å². The van der Waals surface area contributed by atoms with Crippen molar-refractivity contribution < 1.29 is 14.6 Å². The molecule has 2 aromatic heterocycles. The van der Waals surface area contributed by atoms with Crippen LogP contribution >= 0.6 is 0 Å². The van der Waals surface area contributed by atoms with Crippen molar-refractivity contribution in [1.29, 1.82) is 0 Å². The lowest BCUT2D eigenvalue weighted by molar-refractivity contribution is 0.267. The lowest BCUT2D eigenvalue weighted by Crippen LogP contribution is -2.25. The van der Waals surface area contributed by atoms with Crippen LogP contribution in [-0.4, -0.2) is 46.5 Å². The molecule has 0 bridgehead atoms. The molecule has 0 aliphatic carbocycles. The largest absolute Gasteiger partial charge is 0.496 e.